The molecular weight excluding hydrogens is 368 g/mol. The Morgan fingerprint density at radius 2 is 1.14 bits per heavy atom. The lowest BCUT2D eigenvalue weighted by Crippen LogP contribution is -2.20. The number of hydrogen-bond donors (Lipinski definition) is 0. The summed E-state index contributed by atoms with van der Waals surface area (Å²) in [6.45, 7) is 0.219. The van der Waals surface area contributed by atoms with Gasteiger partial charge < -0.3 is 9.13 Å². The molecular formula is C18H14N4O6. The Morgan fingerprint density at radius 3 is 1.54 bits per heavy atom. The average molecular weight is 382 g/mol. The van der Waals surface area contributed by atoms with E-state index in [1.54, 1.807) is 24.3 Å². The summed E-state index contributed by atoms with van der Waals surface area (Å²) in [4.78, 5) is 44.5. The summed E-state index contributed by atoms with van der Waals surface area (Å²) < 4.78 is 2.44. The summed E-state index contributed by atoms with van der Waals surface area (Å²) in [5, 5.41) is 21.8. The van der Waals surface area contributed by atoms with Crippen molar-refractivity contribution in [1.29, 1.82) is 0 Å². The molecule has 0 spiro atoms. The van der Waals surface area contributed by atoms with Crippen molar-refractivity contribution in [3.8, 4) is 0 Å². The summed E-state index contributed by atoms with van der Waals surface area (Å²) in [5.74, 6) is 0. The van der Waals surface area contributed by atoms with Crippen LogP contribution < -0.4 is 11.1 Å². The van der Waals surface area contributed by atoms with Crippen LogP contribution in [0.2, 0.25) is 0 Å². The van der Waals surface area contributed by atoms with Gasteiger partial charge in [-0.2, -0.15) is 0 Å². The number of rotatable bonds is 6. The lowest BCUT2D eigenvalue weighted by molar-refractivity contribution is -0.385. The van der Waals surface area contributed by atoms with Gasteiger partial charge in [-0.3, -0.25) is 29.8 Å². The minimum atomic E-state index is -0.582. The number of nitrogens with zero attached hydrogens (tertiary/aromatic N) is 4. The summed E-state index contributed by atoms with van der Waals surface area (Å²) in [7, 11) is 0. The van der Waals surface area contributed by atoms with Gasteiger partial charge in [-0.05, 0) is 11.1 Å². The maximum absolute atomic E-state index is 12.0. The summed E-state index contributed by atoms with van der Waals surface area (Å²) in [5.41, 5.74) is 0.228. The van der Waals surface area contributed by atoms with Gasteiger partial charge in [0.15, 0.2) is 0 Å². The van der Waals surface area contributed by atoms with Crippen LogP contribution in [-0.4, -0.2) is 19.0 Å². The smallest absolute Gasteiger partial charge is 0.285 e. The molecule has 0 atom stereocenters. The van der Waals surface area contributed by atoms with Crippen molar-refractivity contribution in [3.05, 3.63) is 113 Å². The Morgan fingerprint density at radius 1 is 0.714 bits per heavy atom. The Bertz CT molecular complexity index is 1090. The summed E-state index contributed by atoms with van der Waals surface area (Å²) >= 11 is 0. The van der Waals surface area contributed by atoms with Crippen LogP contribution in [0.4, 0.5) is 11.4 Å². The Labute approximate surface area is 157 Å². The van der Waals surface area contributed by atoms with Crippen molar-refractivity contribution in [2.24, 2.45) is 0 Å². The first-order valence-electron chi connectivity index (χ1n) is 8.11. The first-order valence-corrected chi connectivity index (χ1v) is 8.11. The zero-order valence-corrected chi connectivity index (χ0v) is 14.4. The van der Waals surface area contributed by atoms with Crippen LogP contribution in [0.1, 0.15) is 11.1 Å². The van der Waals surface area contributed by atoms with Crippen LogP contribution in [0.25, 0.3) is 0 Å². The van der Waals surface area contributed by atoms with Crippen LogP contribution in [0.15, 0.2) is 70.5 Å². The summed E-state index contributed by atoms with van der Waals surface area (Å²) in [6.07, 6.45) is 2.33. The molecule has 2 aromatic heterocycles. The average Bonchev–Trinajstić information content (AvgIpc) is 2.65. The third-order valence-electron chi connectivity index (χ3n) is 4.05. The second kappa shape index (κ2) is 7.66. The van der Waals surface area contributed by atoms with Crippen molar-refractivity contribution in [2.45, 2.75) is 13.1 Å². The first kappa shape index (κ1) is 18.7. The molecule has 10 nitrogen and oxygen atoms in total. The number of aromatic nitrogens is 2. The molecule has 0 N–H and O–H groups in total. The van der Waals surface area contributed by atoms with Crippen LogP contribution >= 0.6 is 0 Å². The van der Waals surface area contributed by atoms with Gasteiger partial charge in [0.05, 0.1) is 35.3 Å². The van der Waals surface area contributed by atoms with E-state index in [1.807, 2.05) is 0 Å². The third kappa shape index (κ3) is 4.18. The second-order valence-electron chi connectivity index (χ2n) is 6.04. The molecule has 0 bridgehead atoms. The highest BCUT2D eigenvalue weighted by Crippen LogP contribution is 2.12. The van der Waals surface area contributed by atoms with Gasteiger partial charge in [-0.25, -0.2) is 0 Å². The van der Waals surface area contributed by atoms with E-state index in [0.29, 0.717) is 11.1 Å². The van der Waals surface area contributed by atoms with E-state index in [-0.39, 0.29) is 35.6 Å². The number of nitro groups is 2. The fraction of sp³-hybridized carbons (Fsp3) is 0.111. The van der Waals surface area contributed by atoms with Crippen LogP contribution in [0.5, 0.6) is 0 Å². The van der Waals surface area contributed by atoms with Gasteiger partial charge >= 0.3 is 0 Å². The van der Waals surface area contributed by atoms with E-state index < -0.39 is 9.85 Å². The van der Waals surface area contributed by atoms with Gasteiger partial charge in [-0.15, -0.1) is 0 Å². The van der Waals surface area contributed by atoms with Crippen molar-refractivity contribution in [2.75, 3.05) is 0 Å². The van der Waals surface area contributed by atoms with E-state index >= 15 is 0 Å². The Kier molecular flexibility index (Phi) is 5.12. The molecule has 1 aromatic carbocycles. The van der Waals surface area contributed by atoms with Gasteiger partial charge in [0.2, 0.25) is 0 Å². The number of pyridine rings is 2. The minimum Gasteiger partial charge on any atom is -0.304 e. The molecule has 0 fully saturated rings. The van der Waals surface area contributed by atoms with Crippen molar-refractivity contribution >= 4 is 11.4 Å². The quantitative estimate of drug-likeness (QED) is 0.473. The Balaban J connectivity index is 1.88. The van der Waals surface area contributed by atoms with Crippen molar-refractivity contribution < 1.29 is 9.85 Å². The topological polar surface area (TPSA) is 130 Å². The maximum Gasteiger partial charge on any atom is 0.285 e. The van der Waals surface area contributed by atoms with E-state index in [2.05, 4.69) is 0 Å². The van der Waals surface area contributed by atoms with Gasteiger partial charge in [-0.1, -0.05) is 24.3 Å². The van der Waals surface area contributed by atoms with Gasteiger partial charge in [0.1, 0.15) is 0 Å². The molecule has 0 saturated heterocycles. The molecule has 0 aliphatic carbocycles. The predicted octanol–water partition coefficient (Wildman–Crippen LogP) is 1.92. The van der Waals surface area contributed by atoms with E-state index in [0.717, 1.165) is 24.3 Å². The molecule has 0 aliphatic heterocycles. The number of benzene rings is 1. The maximum atomic E-state index is 12.0. The van der Waals surface area contributed by atoms with Crippen LogP contribution in [0.3, 0.4) is 0 Å². The summed E-state index contributed by atoms with van der Waals surface area (Å²) in [6, 6.07) is 11.5. The number of hydrogen-bond acceptors (Lipinski definition) is 6. The molecule has 0 unspecified atom stereocenters. The molecule has 0 saturated carbocycles. The van der Waals surface area contributed by atoms with E-state index in [1.165, 1.54) is 21.5 Å². The van der Waals surface area contributed by atoms with E-state index in [9.17, 15) is 29.8 Å². The zero-order valence-electron chi connectivity index (χ0n) is 14.4. The SMILES string of the molecule is O=c1ccc([N+](=O)[O-])cn1Cc1cccc(Cn2cc([N+](=O)[O-])ccc2=O)c1. The molecule has 3 aromatic rings. The molecule has 0 amide bonds. The third-order valence-corrected chi connectivity index (χ3v) is 4.05. The van der Waals surface area contributed by atoms with Crippen LogP contribution in [-0.2, 0) is 13.1 Å². The van der Waals surface area contributed by atoms with E-state index in [4.69, 9.17) is 0 Å². The molecule has 10 heteroatoms. The van der Waals surface area contributed by atoms with Gasteiger partial charge in [0.25, 0.3) is 22.5 Å². The first-order chi connectivity index (χ1) is 13.3. The minimum absolute atomic E-state index is 0.109. The molecule has 28 heavy (non-hydrogen) atoms. The normalized spacial score (nSPS) is 10.6. The molecule has 2 heterocycles. The fourth-order valence-corrected chi connectivity index (χ4v) is 2.72. The van der Waals surface area contributed by atoms with Crippen molar-refractivity contribution in [3.63, 3.8) is 0 Å². The Hall–Kier alpha value is -4.08. The lowest BCUT2D eigenvalue weighted by Gasteiger charge is -2.09. The van der Waals surface area contributed by atoms with Gasteiger partial charge in [0, 0.05) is 24.3 Å². The largest absolute Gasteiger partial charge is 0.304 e. The monoisotopic (exact) mass is 382 g/mol. The molecule has 142 valence electrons. The second-order valence-corrected chi connectivity index (χ2v) is 6.04. The zero-order chi connectivity index (χ0) is 20.3. The van der Waals surface area contributed by atoms with Crippen molar-refractivity contribution in [1.82, 2.24) is 9.13 Å². The predicted molar refractivity (Wildman–Crippen MR) is 99.4 cm³/mol. The standard InChI is InChI=1S/C18H14N4O6/c23-17-6-4-15(21(25)26)11-19(17)9-13-2-1-3-14(8-13)10-20-12-16(22(27)28)5-7-18(20)24/h1-8,11-12H,9-10H2. The highest BCUT2D eigenvalue weighted by Gasteiger charge is 2.10. The fourth-order valence-electron chi connectivity index (χ4n) is 2.72. The highest BCUT2D eigenvalue weighted by molar-refractivity contribution is 5.29. The molecule has 0 radical (unpaired) electrons. The van der Waals surface area contributed by atoms with Crippen LogP contribution in [0, 0.1) is 20.2 Å². The lowest BCUT2D eigenvalue weighted by atomic mass is 10.1. The highest BCUT2D eigenvalue weighted by atomic mass is 16.6. The molecule has 0 aliphatic rings. The molecule has 3 rings (SSSR count).